The van der Waals surface area contributed by atoms with Crippen molar-refractivity contribution in [2.75, 3.05) is 24.6 Å². The lowest BCUT2D eigenvalue weighted by molar-refractivity contribution is 0.0950. The summed E-state index contributed by atoms with van der Waals surface area (Å²) in [6.45, 7) is -1.41. The number of rotatable bonds is 4. The highest BCUT2D eigenvalue weighted by atomic mass is 32.2. The van der Waals surface area contributed by atoms with Gasteiger partial charge in [-0.15, -0.1) is 0 Å². The number of sulfone groups is 1. The first-order valence-electron chi connectivity index (χ1n) is 14.3. The van der Waals surface area contributed by atoms with Crippen LogP contribution in [0.15, 0.2) is 59.8 Å². The highest BCUT2D eigenvalue weighted by Crippen LogP contribution is 2.35. The molecule has 6 rings (SSSR count). The standard InChI is InChI=1S/C28H27N5O5S/c1-17-9-24-27(30-12-17)33(7-8-38-24)26-6-5-20-13-29-22(11-23(20)32-26)14-31-28(34)19-3-4-21-16-37-15-18(2)39(35,36)25(21)10-19/h3-6,9-13,18H,7-8,14-16H2,1-2H3,(H,31,34)/t18-/m0/s1/i15D2,16D2. The Morgan fingerprint density at radius 3 is 2.92 bits per heavy atom. The molecule has 0 saturated carbocycles. The fraction of sp³-hybridized carbons (Fsp3) is 0.286. The first-order valence-corrected chi connectivity index (χ1v) is 13.8. The number of hydrogen-bond donors (Lipinski definition) is 1. The van der Waals surface area contributed by atoms with E-state index in [0.717, 1.165) is 30.0 Å². The van der Waals surface area contributed by atoms with Crippen LogP contribution in [0.25, 0.3) is 10.9 Å². The number of benzene rings is 1. The van der Waals surface area contributed by atoms with Crippen molar-refractivity contribution in [2.24, 2.45) is 0 Å². The zero-order valence-electron chi connectivity index (χ0n) is 25.1. The maximum atomic E-state index is 13.2. The zero-order valence-corrected chi connectivity index (χ0v) is 21.9. The number of ether oxygens (including phenoxy) is 2. The lowest BCUT2D eigenvalue weighted by Crippen LogP contribution is -2.30. The van der Waals surface area contributed by atoms with Crippen LogP contribution in [0.3, 0.4) is 0 Å². The third-order valence-electron chi connectivity index (χ3n) is 6.52. The monoisotopic (exact) mass is 549 g/mol. The van der Waals surface area contributed by atoms with E-state index in [9.17, 15) is 13.2 Å². The molecule has 2 aliphatic rings. The van der Waals surface area contributed by atoms with Crippen LogP contribution >= 0.6 is 0 Å². The number of carbonyl (C=O) groups excluding carboxylic acids is 1. The summed E-state index contributed by atoms with van der Waals surface area (Å²) >= 11 is 0. The van der Waals surface area contributed by atoms with Gasteiger partial charge >= 0.3 is 0 Å². The van der Waals surface area contributed by atoms with E-state index in [0.29, 0.717) is 41.7 Å². The molecule has 1 aromatic carbocycles. The number of nitrogens with one attached hydrogen (secondary N) is 1. The molecule has 0 fully saturated rings. The van der Waals surface area contributed by atoms with Crippen LogP contribution in [-0.4, -0.2) is 54.2 Å². The lowest BCUT2D eigenvalue weighted by atomic mass is 10.1. The third kappa shape index (κ3) is 4.79. The van der Waals surface area contributed by atoms with E-state index < -0.39 is 39.0 Å². The predicted octanol–water partition coefficient (Wildman–Crippen LogP) is 3.49. The summed E-state index contributed by atoms with van der Waals surface area (Å²) in [5.74, 6) is 1.43. The molecule has 10 nitrogen and oxygen atoms in total. The maximum absolute atomic E-state index is 13.2. The van der Waals surface area contributed by atoms with E-state index in [4.69, 9.17) is 19.9 Å². The van der Waals surface area contributed by atoms with Crippen molar-refractivity contribution in [2.45, 2.75) is 37.1 Å². The number of nitrogens with zero attached hydrogens (tertiary/aromatic N) is 4. The normalized spacial score (nSPS) is 22.1. The van der Waals surface area contributed by atoms with Crippen LogP contribution in [0.2, 0.25) is 0 Å². The molecule has 200 valence electrons. The van der Waals surface area contributed by atoms with Crippen molar-refractivity contribution in [3.63, 3.8) is 0 Å². The van der Waals surface area contributed by atoms with Gasteiger partial charge in [0.05, 0.1) is 53.0 Å². The molecule has 5 heterocycles. The molecule has 0 spiro atoms. The van der Waals surface area contributed by atoms with Crippen LogP contribution in [0.1, 0.15) is 39.6 Å². The molecule has 11 heteroatoms. The molecule has 39 heavy (non-hydrogen) atoms. The average molecular weight is 550 g/mol. The fourth-order valence-corrected chi connectivity index (χ4v) is 5.65. The second-order valence-corrected chi connectivity index (χ2v) is 11.5. The van der Waals surface area contributed by atoms with E-state index in [1.54, 1.807) is 18.5 Å². The zero-order chi connectivity index (χ0) is 30.7. The summed E-state index contributed by atoms with van der Waals surface area (Å²) in [5, 5.41) is 1.80. The Morgan fingerprint density at radius 2 is 2.05 bits per heavy atom. The molecule has 3 aromatic heterocycles. The average Bonchev–Trinajstić information content (AvgIpc) is 3.01. The van der Waals surface area contributed by atoms with Gasteiger partial charge in [0.25, 0.3) is 5.91 Å². The minimum Gasteiger partial charge on any atom is -0.488 e. The van der Waals surface area contributed by atoms with E-state index in [1.165, 1.54) is 6.07 Å². The van der Waals surface area contributed by atoms with Gasteiger partial charge in [0.1, 0.15) is 12.4 Å². The molecule has 1 N–H and O–H groups in total. The van der Waals surface area contributed by atoms with Gasteiger partial charge in [-0.25, -0.2) is 18.4 Å². The second kappa shape index (κ2) is 9.90. The molecular formula is C28H27N5O5S. The largest absolute Gasteiger partial charge is 0.488 e. The second-order valence-electron chi connectivity index (χ2n) is 9.28. The van der Waals surface area contributed by atoms with Crippen molar-refractivity contribution in [1.82, 2.24) is 20.3 Å². The molecule has 0 bridgehead atoms. The van der Waals surface area contributed by atoms with Crippen LogP contribution < -0.4 is 15.0 Å². The first kappa shape index (κ1) is 20.8. The number of aromatic nitrogens is 3. The van der Waals surface area contributed by atoms with Crippen LogP contribution in [0.4, 0.5) is 11.6 Å². The molecule has 0 unspecified atom stereocenters. The summed E-state index contributed by atoms with van der Waals surface area (Å²) < 4.78 is 69.3. The Morgan fingerprint density at radius 1 is 1.18 bits per heavy atom. The van der Waals surface area contributed by atoms with Gasteiger partial charge in [-0.2, -0.15) is 0 Å². The summed E-state index contributed by atoms with van der Waals surface area (Å²) in [6.07, 6.45) is 3.42. The van der Waals surface area contributed by atoms with E-state index >= 15 is 0 Å². The Hall–Kier alpha value is -4.09. The maximum Gasteiger partial charge on any atom is 0.251 e. The van der Waals surface area contributed by atoms with E-state index in [-0.39, 0.29) is 17.7 Å². The molecule has 0 saturated heterocycles. The van der Waals surface area contributed by atoms with Crippen LogP contribution in [0.5, 0.6) is 5.75 Å². The van der Waals surface area contributed by atoms with Gasteiger partial charge in [0.15, 0.2) is 21.4 Å². The van der Waals surface area contributed by atoms with Crippen LogP contribution in [0, 0.1) is 6.92 Å². The molecule has 0 aliphatic carbocycles. The third-order valence-corrected chi connectivity index (χ3v) is 8.50. The quantitative estimate of drug-likeness (QED) is 0.407. The van der Waals surface area contributed by atoms with Crippen molar-refractivity contribution in [3.05, 3.63) is 77.2 Å². The smallest absolute Gasteiger partial charge is 0.251 e. The summed E-state index contributed by atoms with van der Waals surface area (Å²) in [7, 11) is -4.37. The summed E-state index contributed by atoms with van der Waals surface area (Å²) in [5.41, 5.74) is 1.74. The highest BCUT2D eigenvalue weighted by Gasteiger charge is 2.30. The predicted molar refractivity (Wildman–Crippen MR) is 145 cm³/mol. The van der Waals surface area contributed by atoms with Crippen molar-refractivity contribution in [1.29, 1.82) is 0 Å². The van der Waals surface area contributed by atoms with Gasteiger partial charge < -0.3 is 19.7 Å². The van der Waals surface area contributed by atoms with Gasteiger partial charge in [0.2, 0.25) is 0 Å². The number of amides is 1. The number of carbonyl (C=O) groups is 1. The minimum atomic E-state index is -4.37. The highest BCUT2D eigenvalue weighted by molar-refractivity contribution is 7.92. The van der Waals surface area contributed by atoms with Gasteiger partial charge in [-0.1, -0.05) is 6.07 Å². The number of hydrogen-bond acceptors (Lipinski definition) is 9. The number of aryl methyl sites for hydroxylation is 1. The van der Waals surface area contributed by atoms with Gasteiger partial charge in [0, 0.05) is 23.3 Å². The molecule has 0 radical (unpaired) electrons. The minimum absolute atomic E-state index is 0.00856. The molecule has 2 aliphatic heterocycles. The lowest BCUT2D eigenvalue weighted by Gasteiger charge is -2.29. The molecule has 1 atom stereocenters. The van der Waals surface area contributed by atoms with E-state index in [2.05, 4.69) is 15.3 Å². The Balaban J connectivity index is 1.24. The van der Waals surface area contributed by atoms with Crippen molar-refractivity contribution < 1.29 is 28.2 Å². The molecule has 4 aromatic rings. The first-order chi connectivity index (χ1) is 20.3. The van der Waals surface area contributed by atoms with Gasteiger partial charge in [-0.05, 0) is 61.4 Å². The Labute approximate surface area is 231 Å². The Kier molecular flexibility index (Phi) is 5.28. The summed E-state index contributed by atoms with van der Waals surface area (Å²) in [4.78, 5) is 28.3. The molecule has 1 amide bonds. The Bertz CT molecular complexity index is 1890. The summed E-state index contributed by atoms with van der Waals surface area (Å²) in [6, 6.07) is 10.9. The van der Waals surface area contributed by atoms with Crippen molar-refractivity contribution >= 4 is 38.3 Å². The van der Waals surface area contributed by atoms with Gasteiger partial charge in [-0.3, -0.25) is 9.78 Å². The topological polar surface area (TPSA) is 124 Å². The molecular weight excluding hydrogens is 518 g/mol. The number of fused-ring (bicyclic) bond motifs is 3. The number of anilines is 2. The van der Waals surface area contributed by atoms with E-state index in [1.807, 2.05) is 30.0 Å². The fourth-order valence-electron chi connectivity index (χ4n) is 4.39. The SMILES string of the molecule is [2H]C1([2H])OC([2H])([2H])[C@H](C)S(=O)(=O)c2cc(C(=O)NCc3cc4nc(N5CCOc6cc(C)cnc65)ccc4cn3)ccc21. The van der Waals surface area contributed by atoms with Crippen LogP contribution in [-0.2, 0) is 27.7 Å². The number of pyridine rings is 3. The van der Waals surface area contributed by atoms with Crippen molar-refractivity contribution in [3.8, 4) is 5.75 Å².